The van der Waals surface area contributed by atoms with Crippen LogP contribution in [0.15, 0.2) is 38.3 Å². The van der Waals surface area contributed by atoms with Gasteiger partial charge in [0.05, 0.1) is 18.2 Å². The third-order valence-electron chi connectivity index (χ3n) is 2.71. The average Bonchev–Trinajstić information content (AvgIpc) is 3.04. The molecular formula is C15H16ClNO4S2. The van der Waals surface area contributed by atoms with Gasteiger partial charge in [0, 0.05) is 6.21 Å². The number of nitrogens with zero attached hydrogens (tertiary/aromatic N) is 1. The SMILES string of the molecule is CCOc1cc(/C=N\S(=O)(=O)c2cccs2)cc(Cl)c1OCC. The second kappa shape index (κ2) is 7.81. The molecule has 23 heavy (non-hydrogen) atoms. The van der Waals surface area contributed by atoms with Gasteiger partial charge in [0.1, 0.15) is 4.21 Å². The van der Waals surface area contributed by atoms with Gasteiger partial charge in [0.15, 0.2) is 11.5 Å². The summed E-state index contributed by atoms with van der Waals surface area (Å²) in [4.78, 5) is 0. The standard InChI is InChI=1S/C15H16ClNO4S2/c1-3-20-13-9-11(8-12(16)15(13)21-4-2)10-17-23(18,19)14-6-5-7-22-14/h5-10H,3-4H2,1-2H3/b17-10-. The summed E-state index contributed by atoms with van der Waals surface area (Å²) in [6.07, 6.45) is 1.25. The Hall–Kier alpha value is -1.57. The van der Waals surface area contributed by atoms with E-state index in [1.807, 2.05) is 13.8 Å². The molecule has 124 valence electrons. The second-order valence-corrected chi connectivity index (χ2v) is 7.55. The molecule has 0 N–H and O–H groups in total. The van der Waals surface area contributed by atoms with Crippen LogP contribution in [0.25, 0.3) is 0 Å². The Morgan fingerprint density at radius 1 is 1.26 bits per heavy atom. The van der Waals surface area contributed by atoms with E-state index < -0.39 is 10.0 Å². The lowest BCUT2D eigenvalue weighted by Gasteiger charge is -2.13. The van der Waals surface area contributed by atoms with Crippen molar-refractivity contribution in [3.8, 4) is 11.5 Å². The second-order valence-electron chi connectivity index (χ2n) is 4.34. The molecule has 2 aromatic rings. The van der Waals surface area contributed by atoms with Crippen molar-refractivity contribution in [1.29, 1.82) is 0 Å². The van der Waals surface area contributed by atoms with Crippen molar-refractivity contribution < 1.29 is 17.9 Å². The Balaban J connectivity index is 2.35. The molecule has 0 spiro atoms. The molecule has 1 heterocycles. The first-order chi connectivity index (χ1) is 11.0. The molecule has 0 bridgehead atoms. The van der Waals surface area contributed by atoms with Crippen molar-refractivity contribution >= 4 is 39.2 Å². The fraction of sp³-hybridized carbons (Fsp3) is 0.267. The van der Waals surface area contributed by atoms with Crippen LogP contribution in [0.1, 0.15) is 19.4 Å². The van der Waals surface area contributed by atoms with Crippen LogP contribution in [0.4, 0.5) is 0 Å². The Morgan fingerprint density at radius 3 is 2.61 bits per heavy atom. The van der Waals surface area contributed by atoms with Crippen LogP contribution in [0.5, 0.6) is 11.5 Å². The van der Waals surface area contributed by atoms with Crippen molar-refractivity contribution in [2.75, 3.05) is 13.2 Å². The number of rotatable bonds is 7. The van der Waals surface area contributed by atoms with Gasteiger partial charge in [-0.1, -0.05) is 17.7 Å². The quantitative estimate of drug-likeness (QED) is 0.688. The van der Waals surface area contributed by atoms with Gasteiger partial charge in [0.25, 0.3) is 10.0 Å². The van der Waals surface area contributed by atoms with Gasteiger partial charge >= 0.3 is 0 Å². The molecule has 2 rings (SSSR count). The zero-order valence-corrected chi connectivity index (χ0v) is 15.0. The van der Waals surface area contributed by atoms with E-state index >= 15 is 0 Å². The Morgan fingerprint density at radius 2 is 2.00 bits per heavy atom. The third-order valence-corrected chi connectivity index (χ3v) is 5.60. The summed E-state index contributed by atoms with van der Waals surface area (Å²) in [6, 6.07) is 6.40. The first-order valence-electron chi connectivity index (χ1n) is 6.91. The van der Waals surface area contributed by atoms with Crippen molar-refractivity contribution in [1.82, 2.24) is 0 Å². The maximum atomic E-state index is 12.1. The number of thiophene rings is 1. The summed E-state index contributed by atoms with van der Waals surface area (Å²) in [5.74, 6) is 0.895. The van der Waals surface area contributed by atoms with Gasteiger partial charge in [-0.2, -0.15) is 12.8 Å². The summed E-state index contributed by atoms with van der Waals surface area (Å²) < 4.78 is 38.9. The molecule has 0 amide bonds. The minimum absolute atomic E-state index is 0.191. The molecule has 0 unspecified atom stereocenters. The fourth-order valence-corrected chi connectivity index (χ4v) is 3.92. The topological polar surface area (TPSA) is 65.0 Å². The first-order valence-corrected chi connectivity index (χ1v) is 9.60. The molecule has 0 aliphatic carbocycles. The third kappa shape index (κ3) is 4.46. The summed E-state index contributed by atoms with van der Waals surface area (Å²) in [5.41, 5.74) is 0.516. The van der Waals surface area contributed by atoms with Crippen molar-refractivity contribution in [3.63, 3.8) is 0 Å². The van der Waals surface area contributed by atoms with Crippen molar-refractivity contribution in [2.24, 2.45) is 4.40 Å². The lowest BCUT2D eigenvalue weighted by molar-refractivity contribution is 0.288. The maximum absolute atomic E-state index is 12.1. The Bertz CT molecular complexity index is 786. The number of ether oxygens (including phenoxy) is 2. The number of sulfonamides is 1. The molecule has 0 aliphatic heterocycles. The van der Waals surface area contributed by atoms with E-state index in [4.69, 9.17) is 21.1 Å². The summed E-state index contributed by atoms with van der Waals surface area (Å²) in [6.45, 7) is 4.56. The zero-order chi connectivity index (χ0) is 16.9. The summed E-state index contributed by atoms with van der Waals surface area (Å²) >= 11 is 7.30. The minimum Gasteiger partial charge on any atom is -0.490 e. The predicted octanol–water partition coefficient (Wildman–Crippen LogP) is 4.01. The van der Waals surface area contributed by atoms with Crippen LogP contribution >= 0.6 is 22.9 Å². The molecule has 5 nitrogen and oxygen atoms in total. The van der Waals surface area contributed by atoms with E-state index in [-0.39, 0.29) is 4.21 Å². The maximum Gasteiger partial charge on any atom is 0.291 e. The van der Waals surface area contributed by atoms with E-state index in [0.29, 0.717) is 35.3 Å². The Kier molecular flexibility index (Phi) is 6.04. The highest BCUT2D eigenvalue weighted by Crippen LogP contribution is 2.36. The van der Waals surface area contributed by atoms with Gasteiger partial charge in [-0.25, -0.2) is 0 Å². The van der Waals surface area contributed by atoms with E-state index in [2.05, 4.69) is 4.40 Å². The highest BCUT2D eigenvalue weighted by atomic mass is 35.5. The average molecular weight is 374 g/mol. The summed E-state index contributed by atoms with van der Waals surface area (Å²) in [7, 11) is -3.70. The molecule has 0 aliphatic rings. The fourth-order valence-electron chi connectivity index (χ4n) is 1.80. The molecule has 0 fully saturated rings. The number of hydrogen-bond donors (Lipinski definition) is 0. The lowest BCUT2D eigenvalue weighted by Crippen LogP contribution is -2.01. The molecule has 0 saturated carbocycles. The highest BCUT2D eigenvalue weighted by molar-refractivity contribution is 7.92. The normalized spacial score (nSPS) is 11.8. The number of hydrogen-bond acceptors (Lipinski definition) is 5. The van der Waals surface area contributed by atoms with Crippen LogP contribution in [-0.4, -0.2) is 27.8 Å². The largest absolute Gasteiger partial charge is 0.490 e. The van der Waals surface area contributed by atoms with Gasteiger partial charge in [-0.15, -0.1) is 11.3 Å². The van der Waals surface area contributed by atoms with E-state index in [1.54, 1.807) is 23.6 Å². The molecule has 8 heteroatoms. The van der Waals surface area contributed by atoms with Crippen LogP contribution in [0, 0.1) is 0 Å². The minimum atomic E-state index is -3.70. The predicted molar refractivity (Wildman–Crippen MR) is 92.9 cm³/mol. The smallest absolute Gasteiger partial charge is 0.291 e. The molecule has 1 aromatic carbocycles. The zero-order valence-electron chi connectivity index (χ0n) is 12.7. The van der Waals surface area contributed by atoms with Crippen LogP contribution in [0.3, 0.4) is 0 Å². The molecule has 0 radical (unpaired) electrons. The number of halogens is 1. The van der Waals surface area contributed by atoms with Crippen LogP contribution in [-0.2, 0) is 10.0 Å². The highest BCUT2D eigenvalue weighted by Gasteiger charge is 2.14. The lowest BCUT2D eigenvalue weighted by atomic mass is 10.2. The molecular weight excluding hydrogens is 358 g/mol. The molecule has 1 aromatic heterocycles. The molecule has 0 atom stereocenters. The van der Waals surface area contributed by atoms with Gasteiger partial charge in [-0.3, -0.25) is 0 Å². The first kappa shape index (κ1) is 17.8. The van der Waals surface area contributed by atoms with Gasteiger partial charge in [0.2, 0.25) is 0 Å². The van der Waals surface area contributed by atoms with E-state index in [0.717, 1.165) is 11.3 Å². The van der Waals surface area contributed by atoms with E-state index in [9.17, 15) is 8.42 Å². The number of benzene rings is 1. The van der Waals surface area contributed by atoms with Crippen LogP contribution in [0.2, 0.25) is 5.02 Å². The van der Waals surface area contributed by atoms with Gasteiger partial charge < -0.3 is 9.47 Å². The van der Waals surface area contributed by atoms with Crippen molar-refractivity contribution in [3.05, 3.63) is 40.2 Å². The summed E-state index contributed by atoms with van der Waals surface area (Å²) in [5, 5.41) is 2.02. The van der Waals surface area contributed by atoms with Crippen molar-refractivity contribution in [2.45, 2.75) is 18.1 Å². The molecule has 0 saturated heterocycles. The van der Waals surface area contributed by atoms with Gasteiger partial charge in [-0.05, 0) is 43.0 Å². The van der Waals surface area contributed by atoms with Crippen LogP contribution < -0.4 is 9.47 Å². The monoisotopic (exact) mass is 373 g/mol. The Labute approximate surface area is 144 Å². The van der Waals surface area contributed by atoms with E-state index in [1.165, 1.54) is 12.3 Å².